The lowest BCUT2D eigenvalue weighted by Gasteiger charge is -2.32. The van der Waals surface area contributed by atoms with E-state index in [1.54, 1.807) is 6.07 Å². The van der Waals surface area contributed by atoms with E-state index in [0.717, 1.165) is 38.6 Å². The minimum Gasteiger partial charge on any atom is -0.336 e. The van der Waals surface area contributed by atoms with Gasteiger partial charge in [-0.2, -0.15) is 5.10 Å². The number of aryl methyl sites for hydroxylation is 1. The highest BCUT2D eigenvalue weighted by molar-refractivity contribution is 6.04. The van der Waals surface area contributed by atoms with Crippen LogP contribution in [0.3, 0.4) is 0 Å². The molecule has 1 N–H and O–H groups in total. The van der Waals surface area contributed by atoms with Crippen molar-refractivity contribution in [1.82, 2.24) is 20.0 Å². The number of aromatic nitrogens is 2. The molecular weight excluding hydrogens is 328 g/mol. The van der Waals surface area contributed by atoms with Crippen LogP contribution in [-0.4, -0.2) is 46.8 Å². The Labute approximate surface area is 154 Å². The Hall–Kier alpha value is -2.21. The van der Waals surface area contributed by atoms with E-state index in [0.29, 0.717) is 35.6 Å². The second-order valence-electron chi connectivity index (χ2n) is 7.01. The lowest BCUT2D eigenvalue weighted by atomic mass is 10.0. The number of nitrogens with zero attached hydrogens (tertiary/aromatic N) is 3. The summed E-state index contributed by atoms with van der Waals surface area (Å²) >= 11 is 0. The van der Waals surface area contributed by atoms with Crippen molar-refractivity contribution in [3.8, 4) is 0 Å². The number of rotatable bonds is 6. The molecule has 140 valence electrons. The molecular formula is C20H28N4O2. The van der Waals surface area contributed by atoms with Gasteiger partial charge in [-0.05, 0) is 32.4 Å². The highest BCUT2D eigenvalue weighted by Gasteiger charge is 2.26. The second kappa shape index (κ2) is 8.45. The van der Waals surface area contributed by atoms with Crippen molar-refractivity contribution >= 4 is 16.7 Å². The van der Waals surface area contributed by atoms with Crippen LogP contribution in [-0.2, 0) is 6.54 Å². The Kier molecular flexibility index (Phi) is 6.04. The van der Waals surface area contributed by atoms with Gasteiger partial charge in [0.25, 0.3) is 11.5 Å². The van der Waals surface area contributed by atoms with E-state index in [9.17, 15) is 9.59 Å². The summed E-state index contributed by atoms with van der Waals surface area (Å²) in [6.45, 7) is 4.10. The van der Waals surface area contributed by atoms with E-state index < -0.39 is 0 Å². The molecule has 0 aliphatic carbocycles. The first kappa shape index (κ1) is 18.6. The number of hydrogen-bond donors (Lipinski definition) is 1. The zero-order valence-corrected chi connectivity index (χ0v) is 15.7. The van der Waals surface area contributed by atoms with Gasteiger partial charge in [-0.1, -0.05) is 38.0 Å². The normalized spacial score (nSPS) is 17.6. The summed E-state index contributed by atoms with van der Waals surface area (Å²) in [4.78, 5) is 27.8. The summed E-state index contributed by atoms with van der Waals surface area (Å²) in [6, 6.07) is 7.63. The predicted molar refractivity (Wildman–Crippen MR) is 104 cm³/mol. The highest BCUT2D eigenvalue weighted by atomic mass is 16.2. The molecule has 2 aromatic rings. The third kappa shape index (κ3) is 3.80. The monoisotopic (exact) mass is 356 g/mol. The van der Waals surface area contributed by atoms with E-state index in [2.05, 4.69) is 17.3 Å². The van der Waals surface area contributed by atoms with Crippen molar-refractivity contribution in [2.45, 2.75) is 51.6 Å². The SMILES string of the molecule is CCCCCn1nc(C(=O)N2CCCC(NC)C2)c2ccccc2c1=O. The number of amides is 1. The molecule has 1 atom stereocenters. The van der Waals surface area contributed by atoms with Gasteiger partial charge in [0.15, 0.2) is 5.69 Å². The maximum atomic E-state index is 13.2. The Morgan fingerprint density at radius 2 is 2.04 bits per heavy atom. The number of hydrogen-bond acceptors (Lipinski definition) is 4. The number of likely N-dealkylation sites (tertiary alicyclic amines) is 1. The van der Waals surface area contributed by atoms with Gasteiger partial charge in [0, 0.05) is 31.1 Å². The number of carbonyl (C=O) groups is 1. The summed E-state index contributed by atoms with van der Waals surface area (Å²) in [7, 11) is 1.93. The van der Waals surface area contributed by atoms with Gasteiger partial charge in [-0.25, -0.2) is 4.68 Å². The standard InChI is InChI=1S/C20H28N4O2/c1-3-4-7-13-24-19(25)17-11-6-5-10-16(17)18(22-24)20(26)23-12-8-9-15(14-23)21-2/h5-6,10-11,15,21H,3-4,7-9,12-14H2,1-2H3. The number of benzene rings is 1. The van der Waals surface area contributed by atoms with Crippen molar-refractivity contribution in [1.29, 1.82) is 0 Å². The molecule has 1 fully saturated rings. The molecule has 1 aromatic carbocycles. The van der Waals surface area contributed by atoms with Gasteiger partial charge < -0.3 is 10.2 Å². The van der Waals surface area contributed by atoms with Crippen molar-refractivity contribution < 1.29 is 4.79 Å². The first-order valence-corrected chi connectivity index (χ1v) is 9.62. The fraction of sp³-hybridized carbons (Fsp3) is 0.550. The summed E-state index contributed by atoms with van der Waals surface area (Å²) < 4.78 is 1.48. The number of nitrogens with one attached hydrogen (secondary N) is 1. The molecule has 1 aliphatic heterocycles. The maximum Gasteiger partial charge on any atom is 0.275 e. The minimum atomic E-state index is -0.111. The molecule has 6 nitrogen and oxygen atoms in total. The van der Waals surface area contributed by atoms with E-state index >= 15 is 0 Å². The van der Waals surface area contributed by atoms with E-state index in [1.165, 1.54) is 4.68 Å². The molecule has 1 amide bonds. The summed E-state index contributed by atoms with van der Waals surface area (Å²) in [5.41, 5.74) is 0.286. The van der Waals surface area contributed by atoms with Gasteiger partial charge in [-0.15, -0.1) is 0 Å². The predicted octanol–water partition coefficient (Wildman–Crippen LogP) is 2.41. The number of carbonyl (C=O) groups excluding carboxylic acids is 1. The van der Waals surface area contributed by atoms with Crippen LogP contribution in [0.2, 0.25) is 0 Å². The fourth-order valence-electron chi connectivity index (χ4n) is 3.60. The maximum absolute atomic E-state index is 13.2. The molecule has 1 unspecified atom stereocenters. The third-order valence-electron chi connectivity index (χ3n) is 5.16. The lowest BCUT2D eigenvalue weighted by Crippen LogP contribution is -2.47. The third-order valence-corrected chi connectivity index (χ3v) is 5.16. The molecule has 1 aromatic heterocycles. The number of piperidine rings is 1. The van der Waals surface area contributed by atoms with Crippen molar-refractivity contribution in [3.63, 3.8) is 0 Å². The van der Waals surface area contributed by atoms with E-state index in [-0.39, 0.29) is 11.5 Å². The van der Waals surface area contributed by atoms with Crippen molar-refractivity contribution in [3.05, 3.63) is 40.3 Å². The largest absolute Gasteiger partial charge is 0.336 e. The number of unbranched alkanes of at least 4 members (excludes halogenated alkanes) is 2. The molecule has 26 heavy (non-hydrogen) atoms. The number of likely N-dealkylation sites (N-methyl/N-ethyl adjacent to an activating group) is 1. The van der Waals surface area contributed by atoms with Gasteiger partial charge in [0.2, 0.25) is 0 Å². The zero-order chi connectivity index (χ0) is 18.5. The molecule has 0 spiro atoms. The van der Waals surface area contributed by atoms with Crippen LogP contribution in [0.15, 0.2) is 29.1 Å². The van der Waals surface area contributed by atoms with Gasteiger partial charge >= 0.3 is 0 Å². The summed E-state index contributed by atoms with van der Waals surface area (Å²) in [5, 5.41) is 8.98. The number of fused-ring (bicyclic) bond motifs is 1. The van der Waals surface area contributed by atoms with Crippen LogP contribution in [0.5, 0.6) is 0 Å². The molecule has 3 rings (SSSR count). The summed E-state index contributed by atoms with van der Waals surface area (Å²) in [5.74, 6) is -0.0783. The fourth-order valence-corrected chi connectivity index (χ4v) is 3.60. The Morgan fingerprint density at radius 1 is 1.27 bits per heavy atom. The van der Waals surface area contributed by atoms with Crippen LogP contribution in [0.25, 0.3) is 10.8 Å². The van der Waals surface area contributed by atoms with E-state index in [4.69, 9.17) is 0 Å². The molecule has 1 saturated heterocycles. The quantitative estimate of drug-likeness (QED) is 0.807. The molecule has 0 radical (unpaired) electrons. The first-order chi connectivity index (χ1) is 12.7. The average molecular weight is 356 g/mol. The lowest BCUT2D eigenvalue weighted by molar-refractivity contribution is 0.0691. The smallest absolute Gasteiger partial charge is 0.275 e. The Morgan fingerprint density at radius 3 is 2.77 bits per heavy atom. The summed E-state index contributed by atoms with van der Waals surface area (Å²) in [6.07, 6.45) is 5.06. The Bertz CT molecular complexity index is 830. The van der Waals surface area contributed by atoms with Gasteiger partial charge in [-0.3, -0.25) is 9.59 Å². The average Bonchev–Trinajstić information content (AvgIpc) is 2.69. The van der Waals surface area contributed by atoms with E-state index in [1.807, 2.05) is 30.1 Å². The van der Waals surface area contributed by atoms with Gasteiger partial charge in [0.05, 0.1) is 5.39 Å². The molecule has 0 saturated carbocycles. The topological polar surface area (TPSA) is 67.2 Å². The minimum absolute atomic E-state index is 0.0783. The van der Waals surface area contributed by atoms with Gasteiger partial charge in [0.1, 0.15) is 0 Å². The van der Waals surface area contributed by atoms with Crippen LogP contribution in [0.1, 0.15) is 49.5 Å². The van der Waals surface area contributed by atoms with Crippen LogP contribution >= 0.6 is 0 Å². The van der Waals surface area contributed by atoms with Crippen molar-refractivity contribution in [2.24, 2.45) is 0 Å². The first-order valence-electron chi connectivity index (χ1n) is 9.62. The zero-order valence-electron chi connectivity index (χ0n) is 15.7. The van der Waals surface area contributed by atoms with Crippen molar-refractivity contribution in [2.75, 3.05) is 20.1 Å². The second-order valence-corrected chi connectivity index (χ2v) is 7.01. The molecule has 0 bridgehead atoms. The van der Waals surface area contributed by atoms with Crippen LogP contribution in [0.4, 0.5) is 0 Å². The molecule has 1 aliphatic rings. The highest BCUT2D eigenvalue weighted by Crippen LogP contribution is 2.18. The Balaban J connectivity index is 1.99. The molecule has 6 heteroatoms. The molecule has 2 heterocycles. The van der Waals surface area contributed by atoms with Crippen LogP contribution < -0.4 is 10.9 Å². The van der Waals surface area contributed by atoms with Crippen LogP contribution in [0, 0.1) is 0 Å².